The molecule has 0 aromatic heterocycles. The van der Waals surface area contributed by atoms with Gasteiger partial charge in [-0.05, 0) is 19.4 Å². The van der Waals surface area contributed by atoms with Crippen molar-refractivity contribution < 1.29 is 5.11 Å². The molecule has 0 bridgehead atoms. The van der Waals surface area contributed by atoms with E-state index in [2.05, 4.69) is 26.1 Å². The first-order valence-electron chi connectivity index (χ1n) is 5.10. The van der Waals surface area contributed by atoms with E-state index >= 15 is 0 Å². The molecule has 0 saturated carbocycles. The van der Waals surface area contributed by atoms with Crippen LogP contribution in [0.1, 0.15) is 46.5 Å². The molecule has 0 saturated heterocycles. The van der Waals surface area contributed by atoms with E-state index in [0.717, 1.165) is 19.4 Å². The van der Waals surface area contributed by atoms with Crippen LogP contribution in [0, 0.1) is 0 Å². The molecule has 0 amide bonds. The molecule has 2 heteroatoms. The van der Waals surface area contributed by atoms with E-state index in [1.807, 2.05) is 0 Å². The smallest absolute Gasteiger partial charge is 0.0613 e. The Kier molecular flexibility index (Phi) is 6.39. The largest absolute Gasteiger partial charge is 0.394 e. The molecule has 0 radical (unpaired) electrons. The maximum absolute atomic E-state index is 9.27. The first-order valence-corrected chi connectivity index (χ1v) is 5.10. The Bertz CT molecular complexity index is 100. The third-order valence-electron chi connectivity index (χ3n) is 2.54. The first-order chi connectivity index (χ1) is 5.74. The minimum absolute atomic E-state index is 0.00917. The van der Waals surface area contributed by atoms with Crippen LogP contribution in [0.15, 0.2) is 0 Å². The molecule has 0 aliphatic rings. The molecule has 0 spiro atoms. The van der Waals surface area contributed by atoms with Gasteiger partial charge in [0.2, 0.25) is 0 Å². The number of hydrogen-bond acceptors (Lipinski definition) is 2. The summed E-state index contributed by atoms with van der Waals surface area (Å²) in [5, 5.41) is 12.7. The average Bonchev–Trinajstić information content (AvgIpc) is 2.13. The standard InChI is InChI=1S/C10H23NO/c1-4-7-8-10(5-2,9-12)11-6-3/h11-12H,4-9H2,1-3H3. The number of aliphatic hydroxyl groups is 1. The molecule has 0 aliphatic carbocycles. The fourth-order valence-corrected chi connectivity index (χ4v) is 1.53. The van der Waals surface area contributed by atoms with Crippen LogP contribution in [0.5, 0.6) is 0 Å². The van der Waals surface area contributed by atoms with Gasteiger partial charge in [0.1, 0.15) is 0 Å². The van der Waals surface area contributed by atoms with E-state index in [9.17, 15) is 5.11 Å². The molecule has 2 N–H and O–H groups in total. The zero-order chi connectivity index (χ0) is 9.45. The predicted octanol–water partition coefficient (Wildman–Crippen LogP) is 1.93. The van der Waals surface area contributed by atoms with Gasteiger partial charge in [0.25, 0.3) is 0 Å². The number of nitrogens with one attached hydrogen (secondary N) is 1. The van der Waals surface area contributed by atoms with Crippen molar-refractivity contribution in [3.8, 4) is 0 Å². The minimum Gasteiger partial charge on any atom is -0.394 e. The monoisotopic (exact) mass is 173 g/mol. The lowest BCUT2D eigenvalue weighted by atomic mass is 9.90. The molecule has 0 aromatic carbocycles. The van der Waals surface area contributed by atoms with Gasteiger partial charge in [0.05, 0.1) is 6.61 Å². The summed E-state index contributed by atoms with van der Waals surface area (Å²) in [6, 6.07) is 0. The number of rotatable bonds is 7. The van der Waals surface area contributed by atoms with E-state index in [4.69, 9.17) is 0 Å². The zero-order valence-corrected chi connectivity index (χ0v) is 8.69. The van der Waals surface area contributed by atoms with Crippen molar-refractivity contribution in [3.05, 3.63) is 0 Å². The molecule has 1 unspecified atom stereocenters. The van der Waals surface area contributed by atoms with E-state index in [0.29, 0.717) is 0 Å². The minimum atomic E-state index is -0.00917. The van der Waals surface area contributed by atoms with E-state index in [-0.39, 0.29) is 12.1 Å². The third-order valence-corrected chi connectivity index (χ3v) is 2.54. The SMILES string of the molecule is CCCCC(CC)(CO)NCC. The normalized spacial score (nSPS) is 16.0. The summed E-state index contributed by atoms with van der Waals surface area (Å²) in [7, 11) is 0. The topological polar surface area (TPSA) is 32.3 Å². The maximum atomic E-state index is 9.27. The zero-order valence-electron chi connectivity index (χ0n) is 8.69. The predicted molar refractivity (Wildman–Crippen MR) is 53.3 cm³/mol. The number of unbranched alkanes of at least 4 members (excludes halogenated alkanes) is 1. The Morgan fingerprint density at radius 2 is 1.92 bits per heavy atom. The molecule has 0 fully saturated rings. The highest BCUT2D eigenvalue weighted by Crippen LogP contribution is 2.17. The molecule has 0 aliphatic heterocycles. The van der Waals surface area contributed by atoms with Crippen LogP contribution in [-0.4, -0.2) is 23.8 Å². The van der Waals surface area contributed by atoms with Crippen molar-refractivity contribution in [2.45, 2.75) is 52.0 Å². The van der Waals surface area contributed by atoms with Gasteiger partial charge in [-0.2, -0.15) is 0 Å². The van der Waals surface area contributed by atoms with Gasteiger partial charge in [-0.3, -0.25) is 0 Å². The van der Waals surface area contributed by atoms with Crippen molar-refractivity contribution in [1.29, 1.82) is 0 Å². The molecule has 2 nitrogen and oxygen atoms in total. The average molecular weight is 173 g/mol. The van der Waals surface area contributed by atoms with Crippen molar-refractivity contribution >= 4 is 0 Å². The summed E-state index contributed by atoms with van der Waals surface area (Å²) in [5.41, 5.74) is -0.00917. The summed E-state index contributed by atoms with van der Waals surface area (Å²) >= 11 is 0. The van der Waals surface area contributed by atoms with Crippen LogP contribution >= 0.6 is 0 Å². The van der Waals surface area contributed by atoms with Gasteiger partial charge in [0.15, 0.2) is 0 Å². The molecule has 0 heterocycles. The summed E-state index contributed by atoms with van der Waals surface area (Å²) in [4.78, 5) is 0. The van der Waals surface area contributed by atoms with Gasteiger partial charge >= 0.3 is 0 Å². The van der Waals surface area contributed by atoms with E-state index in [1.54, 1.807) is 0 Å². The van der Waals surface area contributed by atoms with Crippen molar-refractivity contribution in [1.82, 2.24) is 5.32 Å². The number of aliphatic hydroxyl groups excluding tert-OH is 1. The van der Waals surface area contributed by atoms with Crippen LogP contribution in [0.3, 0.4) is 0 Å². The molecule has 1 atom stereocenters. The maximum Gasteiger partial charge on any atom is 0.0613 e. The van der Waals surface area contributed by atoms with Crippen LogP contribution < -0.4 is 5.32 Å². The van der Waals surface area contributed by atoms with Crippen LogP contribution in [0.4, 0.5) is 0 Å². The molecule has 0 aromatic rings. The number of hydrogen-bond donors (Lipinski definition) is 2. The second kappa shape index (κ2) is 6.44. The summed E-state index contributed by atoms with van der Waals surface area (Å²) in [6.45, 7) is 7.61. The molecule has 0 rings (SSSR count). The lowest BCUT2D eigenvalue weighted by Crippen LogP contribution is -2.47. The molecular formula is C10H23NO. The van der Waals surface area contributed by atoms with Crippen molar-refractivity contribution in [3.63, 3.8) is 0 Å². The van der Waals surface area contributed by atoms with Crippen molar-refractivity contribution in [2.75, 3.05) is 13.2 Å². The Morgan fingerprint density at radius 1 is 1.25 bits per heavy atom. The van der Waals surface area contributed by atoms with E-state index in [1.165, 1.54) is 12.8 Å². The van der Waals surface area contributed by atoms with Crippen molar-refractivity contribution in [2.24, 2.45) is 0 Å². The highest BCUT2D eigenvalue weighted by molar-refractivity contribution is 4.85. The van der Waals surface area contributed by atoms with E-state index < -0.39 is 0 Å². The third kappa shape index (κ3) is 3.55. The Hall–Kier alpha value is -0.0800. The van der Waals surface area contributed by atoms with Gasteiger partial charge in [-0.1, -0.05) is 33.6 Å². The van der Waals surface area contributed by atoms with Gasteiger partial charge in [-0.15, -0.1) is 0 Å². The summed E-state index contributed by atoms with van der Waals surface area (Å²) in [6.07, 6.45) is 4.50. The first kappa shape index (κ1) is 11.9. The Balaban J connectivity index is 3.95. The highest BCUT2D eigenvalue weighted by atomic mass is 16.3. The molecule has 74 valence electrons. The van der Waals surface area contributed by atoms with Crippen LogP contribution in [0.25, 0.3) is 0 Å². The highest BCUT2D eigenvalue weighted by Gasteiger charge is 2.24. The summed E-state index contributed by atoms with van der Waals surface area (Å²) in [5.74, 6) is 0. The quantitative estimate of drug-likeness (QED) is 0.616. The fraction of sp³-hybridized carbons (Fsp3) is 1.00. The van der Waals surface area contributed by atoms with Gasteiger partial charge in [0, 0.05) is 5.54 Å². The second-order valence-electron chi connectivity index (χ2n) is 3.43. The van der Waals surface area contributed by atoms with Gasteiger partial charge < -0.3 is 10.4 Å². The van der Waals surface area contributed by atoms with Crippen LogP contribution in [0.2, 0.25) is 0 Å². The number of likely N-dealkylation sites (N-methyl/N-ethyl adjacent to an activating group) is 1. The molecular weight excluding hydrogens is 150 g/mol. The molecule has 12 heavy (non-hydrogen) atoms. The fourth-order valence-electron chi connectivity index (χ4n) is 1.53. The summed E-state index contributed by atoms with van der Waals surface area (Å²) < 4.78 is 0. The lowest BCUT2D eigenvalue weighted by Gasteiger charge is -2.31. The second-order valence-corrected chi connectivity index (χ2v) is 3.43. The Labute approximate surface area is 76.4 Å². The van der Waals surface area contributed by atoms with Crippen LogP contribution in [-0.2, 0) is 0 Å². The Morgan fingerprint density at radius 3 is 2.25 bits per heavy atom. The lowest BCUT2D eigenvalue weighted by molar-refractivity contribution is 0.146. The van der Waals surface area contributed by atoms with Gasteiger partial charge in [-0.25, -0.2) is 0 Å².